The average molecular weight is 189 g/mol. The first-order valence-electron chi connectivity index (χ1n) is 4.09. The van der Waals surface area contributed by atoms with Crippen molar-refractivity contribution in [3.05, 3.63) is 12.2 Å². The normalized spacial score (nSPS) is 41.2. The summed E-state index contributed by atoms with van der Waals surface area (Å²) in [4.78, 5) is 10.8. The van der Waals surface area contributed by atoms with E-state index in [0.717, 1.165) is 0 Å². The quantitative estimate of drug-likeness (QED) is 0.506. The Kier molecular flexibility index (Phi) is 2.78. The van der Waals surface area contributed by atoms with Crippen LogP contribution in [-0.2, 0) is 4.79 Å². The van der Waals surface area contributed by atoms with E-state index in [1.807, 2.05) is 26.0 Å². The van der Waals surface area contributed by atoms with Gasteiger partial charge in [0.15, 0.2) is 0 Å². The molecule has 4 atom stereocenters. The summed E-state index contributed by atoms with van der Waals surface area (Å²) in [6, 6.07) is 0. The Morgan fingerprint density at radius 2 is 1.83 bits per heavy atom. The van der Waals surface area contributed by atoms with E-state index in [2.05, 4.69) is 0 Å². The number of carboxylic acid groups (broad SMARTS) is 1. The Morgan fingerprint density at radius 1 is 1.33 bits per heavy atom. The van der Waals surface area contributed by atoms with Crippen LogP contribution in [0.4, 0.5) is 0 Å². The first-order valence-corrected chi connectivity index (χ1v) is 4.53. The van der Waals surface area contributed by atoms with Crippen molar-refractivity contribution in [2.24, 2.45) is 17.8 Å². The number of allylic oxidation sites excluding steroid dienone is 2. The van der Waals surface area contributed by atoms with E-state index < -0.39 is 11.9 Å². The minimum atomic E-state index is -0.793. The molecule has 1 aliphatic rings. The molecule has 0 aliphatic heterocycles. The van der Waals surface area contributed by atoms with E-state index in [1.54, 1.807) is 0 Å². The van der Waals surface area contributed by atoms with Crippen LogP contribution in [0.2, 0.25) is 0 Å². The lowest BCUT2D eigenvalue weighted by Crippen LogP contribution is -2.35. The average Bonchev–Trinajstić information content (AvgIpc) is 1.97. The fraction of sp³-hybridized carbons (Fsp3) is 0.667. The smallest absolute Gasteiger partial charge is 0.308 e. The van der Waals surface area contributed by atoms with Gasteiger partial charge in [-0.3, -0.25) is 4.79 Å². The molecule has 0 aromatic heterocycles. The predicted octanol–water partition coefficient (Wildman–Crippen LogP) is 2.14. The monoisotopic (exact) mass is 188 g/mol. The molecule has 0 amide bonds. The molecule has 1 aliphatic carbocycles. The molecule has 0 bridgehead atoms. The van der Waals surface area contributed by atoms with Crippen LogP contribution in [0.25, 0.3) is 0 Å². The SMILES string of the molecule is CC1C=CC(C)C(C(=O)O)C1Cl. The van der Waals surface area contributed by atoms with E-state index in [1.165, 1.54) is 0 Å². The van der Waals surface area contributed by atoms with Gasteiger partial charge in [-0.1, -0.05) is 26.0 Å². The van der Waals surface area contributed by atoms with Crippen molar-refractivity contribution < 1.29 is 9.90 Å². The highest BCUT2D eigenvalue weighted by molar-refractivity contribution is 6.22. The molecule has 0 saturated heterocycles. The van der Waals surface area contributed by atoms with Crippen LogP contribution in [0.1, 0.15) is 13.8 Å². The number of carboxylic acids is 1. The molecule has 4 unspecified atom stereocenters. The largest absolute Gasteiger partial charge is 0.481 e. The van der Waals surface area contributed by atoms with Crippen LogP contribution in [0.3, 0.4) is 0 Å². The Bertz CT molecular complexity index is 213. The molecule has 0 spiro atoms. The Balaban J connectivity index is 2.84. The van der Waals surface area contributed by atoms with E-state index in [9.17, 15) is 4.79 Å². The Morgan fingerprint density at radius 3 is 2.25 bits per heavy atom. The summed E-state index contributed by atoms with van der Waals surface area (Å²) in [5, 5.41) is 8.60. The third kappa shape index (κ3) is 1.63. The zero-order valence-electron chi connectivity index (χ0n) is 7.20. The molecule has 12 heavy (non-hydrogen) atoms. The summed E-state index contributed by atoms with van der Waals surface area (Å²) in [7, 11) is 0. The van der Waals surface area contributed by atoms with Gasteiger partial charge in [0.05, 0.1) is 11.3 Å². The third-order valence-corrected chi connectivity index (χ3v) is 3.08. The molecule has 0 aromatic rings. The molecule has 68 valence electrons. The molecule has 2 nitrogen and oxygen atoms in total. The number of hydrogen-bond donors (Lipinski definition) is 1. The minimum Gasteiger partial charge on any atom is -0.481 e. The van der Waals surface area contributed by atoms with Crippen LogP contribution in [0, 0.1) is 17.8 Å². The maximum Gasteiger partial charge on any atom is 0.308 e. The van der Waals surface area contributed by atoms with Crippen molar-refractivity contribution in [2.45, 2.75) is 19.2 Å². The lowest BCUT2D eigenvalue weighted by Gasteiger charge is -2.29. The van der Waals surface area contributed by atoms with Crippen molar-refractivity contribution in [1.29, 1.82) is 0 Å². The van der Waals surface area contributed by atoms with Crippen molar-refractivity contribution in [3.8, 4) is 0 Å². The molecule has 0 saturated carbocycles. The number of carbonyl (C=O) groups is 1. The van der Waals surface area contributed by atoms with Crippen LogP contribution in [0.5, 0.6) is 0 Å². The number of halogens is 1. The lowest BCUT2D eigenvalue weighted by molar-refractivity contribution is -0.143. The molecule has 0 aromatic carbocycles. The Labute approximate surface area is 77.2 Å². The fourth-order valence-electron chi connectivity index (χ4n) is 1.55. The first kappa shape index (κ1) is 9.59. The van der Waals surface area contributed by atoms with Crippen molar-refractivity contribution in [3.63, 3.8) is 0 Å². The van der Waals surface area contributed by atoms with Crippen LogP contribution in [0.15, 0.2) is 12.2 Å². The van der Waals surface area contributed by atoms with Crippen molar-refractivity contribution >= 4 is 17.6 Å². The van der Waals surface area contributed by atoms with E-state index >= 15 is 0 Å². The van der Waals surface area contributed by atoms with Gasteiger partial charge in [-0.2, -0.15) is 0 Å². The second-order valence-electron chi connectivity index (χ2n) is 3.41. The molecular weight excluding hydrogens is 176 g/mol. The zero-order valence-corrected chi connectivity index (χ0v) is 7.95. The lowest BCUT2D eigenvalue weighted by atomic mass is 9.80. The highest BCUT2D eigenvalue weighted by atomic mass is 35.5. The second kappa shape index (κ2) is 3.48. The highest BCUT2D eigenvalue weighted by Gasteiger charge is 2.35. The molecule has 1 rings (SSSR count). The van der Waals surface area contributed by atoms with E-state index in [-0.39, 0.29) is 17.2 Å². The van der Waals surface area contributed by atoms with Gasteiger partial charge in [-0.15, -0.1) is 11.6 Å². The van der Waals surface area contributed by atoms with E-state index in [4.69, 9.17) is 16.7 Å². The van der Waals surface area contributed by atoms with Crippen LogP contribution >= 0.6 is 11.6 Å². The van der Waals surface area contributed by atoms with E-state index in [0.29, 0.717) is 0 Å². The molecule has 0 radical (unpaired) electrons. The predicted molar refractivity (Wildman–Crippen MR) is 48.2 cm³/mol. The van der Waals surface area contributed by atoms with Crippen LogP contribution < -0.4 is 0 Å². The summed E-state index contributed by atoms with van der Waals surface area (Å²) in [6.45, 7) is 3.83. The molecule has 0 fully saturated rings. The van der Waals surface area contributed by atoms with Gasteiger partial charge in [0, 0.05) is 0 Å². The third-order valence-electron chi connectivity index (χ3n) is 2.42. The minimum absolute atomic E-state index is 0.0428. The molecule has 1 N–H and O–H groups in total. The summed E-state index contributed by atoms with van der Waals surface area (Å²) >= 11 is 5.99. The second-order valence-corrected chi connectivity index (χ2v) is 3.92. The van der Waals surface area contributed by atoms with Crippen LogP contribution in [-0.4, -0.2) is 16.5 Å². The van der Waals surface area contributed by atoms with Gasteiger partial charge in [-0.25, -0.2) is 0 Å². The number of hydrogen-bond acceptors (Lipinski definition) is 1. The summed E-state index contributed by atoms with van der Waals surface area (Å²) < 4.78 is 0. The van der Waals surface area contributed by atoms with Gasteiger partial charge < -0.3 is 5.11 Å². The standard InChI is InChI=1S/C9H13ClO2/c1-5-3-4-6(2)8(10)7(5)9(11)12/h3-8H,1-2H3,(H,11,12). The van der Waals surface area contributed by atoms with Gasteiger partial charge in [-0.05, 0) is 11.8 Å². The maximum atomic E-state index is 10.8. The topological polar surface area (TPSA) is 37.3 Å². The van der Waals surface area contributed by atoms with Crippen molar-refractivity contribution in [2.75, 3.05) is 0 Å². The number of alkyl halides is 1. The Hall–Kier alpha value is -0.500. The van der Waals surface area contributed by atoms with Gasteiger partial charge in [0.25, 0.3) is 0 Å². The molecule has 3 heteroatoms. The van der Waals surface area contributed by atoms with Gasteiger partial charge in [0.1, 0.15) is 0 Å². The maximum absolute atomic E-state index is 10.8. The van der Waals surface area contributed by atoms with Crippen molar-refractivity contribution in [1.82, 2.24) is 0 Å². The zero-order chi connectivity index (χ0) is 9.30. The highest BCUT2D eigenvalue weighted by Crippen LogP contribution is 2.32. The first-order chi connectivity index (χ1) is 5.54. The van der Waals surface area contributed by atoms with Gasteiger partial charge >= 0.3 is 5.97 Å². The molecule has 0 heterocycles. The molecular formula is C9H13ClO2. The summed E-state index contributed by atoms with van der Waals surface area (Å²) in [5.41, 5.74) is 0. The van der Waals surface area contributed by atoms with Gasteiger partial charge in [0.2, 0.25) is 0 Å². The number of aliphatic carboxylic acids is 1. The summed E-state index contributed by atoms with van der Waals surface area (Å²) in [6.07, 6.45) is 3.92. The fourth-order valence-corrected chi connectivity index (χ4v) is 1.98. The summed E-state index contributed by atoms with van der Waals surface area (Å²) in [5.74, 6) is -1.03. The number of rotatable bonds is 1.